The summed E-state index contributed by atoms with van der Waals surface area (Å²) in [4.78, 5) is 21.8. The number of halogens is 4. The van der Waals surface area contributed by atoms with E-state index in [0.717, 1.165) is 32.0 Å². The van der Waals surface area contributed by atoms with Crippen molar-refractivity contribution in [3.8, 4) is 0 Å². The summed E-state index contributed by atoms with van der Waals surface area (Å²) in [5, 5.41) is 6.89. The van der Waals surface area contributed by atoms with Gasteiger partial charge in [0, 0.05) is 43.6 Å². The highest BCUT2D eigenvalue weighted by Gasteiger charge is 2.39. The Morgan fingerprint density at radius 2 is 1.84 bits per heavy atom. The van der Waals surface area contributed by atoms with Crippen LogP contribution in [0.3, 0.4) is 0 Å². The van der Waals surface area contributed by atoms with Crippen molar-refractivity contribution >= 4 is 28.0 Å². The van der Waals surface area contributed by atoms with Crippen molar-refractivity contribution in [2.24, 2.45) is 0 Å². The lowest BCUT2D eigenvalue weighted by Crippen LogP contribution is -2.59. The quantitative estimate of drug-likeness (QED) is 0.226. The molecule has 2 aromatic carbocycles. The van der Waals surface area contributed by atoms with E-state index in [2.05, 4.69) is 24.5 Å². The van der Waals surface area contributed by atoms with Crippen LogP contribution in [-0.2, 0) is 27.4 Å². The van der Waals surface area contributed by atoms with E-state index in [1.165, 1.54) is 42.9 Å². The van der Waals surface area contributed by atoms with Gasteiger partial charge in [-0.2, -0.15) is 13.2 Å². The van der Waals surface area contributed by atoms with E-state index in [9.17, 15) is 21.6 Å². The van der Waals surface area contributed by atoms with Crippen LogP contribution >= 0.6 is 0 Å². The monoisotopic (exact) mass is 654 g/mol. The fraction of sp³-hybridized carbons (Fsp3) is 0.433. The SMILES string of the molecule is CN(C)CCN(C)[C@@]1(CCc2cccc(C(F)(F)F)c2)CCCN(c2ccc(S(=O)(=O)Nc3ccncn3)c(F)c2)C1.O=CO. The molecule has 2 N–H and O–H groups in total. The molecule has 1 atom stereocenters. The highest BCUT2D eigenvalue weighted by molar-refractivity contribution is 7.92. The molecule has 10 nitrogen and oxygen atoms in total. The first-order valence-electron chi connectivity index (χ1n) is 14.1. The van der Waals surface area contributed by atoms with E-state index in [1.54, 1.807) is 12.1 Å². The van der Waals surface area contributed by atoms with Gasteiger partial charge in [0.2, 0.25) is 0 Å². The third-order valence-electron chi connectivity index (χ3n) is 7.77. The van der Waals surface area contributed by atoms with Crippen molar-refractivity contribution in [1.29, 1.82) is 0 Å². The first-order chi connectivity index (χ1) is 21.2. The molecular weight excluding hydrogens is 616 g/mol. The van der Waals surface area contributed by atoms with Gasteiger partial charge in [-0.25, -0.2) is 22.8 Å². The molecule has 0 spiro atoms. The Bertz CT molecular complexity index is 1510. The van der Waals surface area contributed by atoms with Gasteiger partial charge in [0.25, 0.3) is 16.5 Å². The second kappa shape index (κ2) is 15.5. The number of sulfonamides is 1. The van der Waals surface area contributed by atoms with Crippen LogP contribution in [0.4, 0.5) is 29.1 Å². The molecule has 0 aliphatic carbocycles. The lowest BCUT2D eigenvalue weighted by atomic mass is 9.81. The Kier molecular flexibility index (Phi) is 12.2. The van der Waals surface area contributed by atoms with Crippen LogP contribution in [0, 0.1) is 5.82 Å². The second-order valence-corrected chi connectivity index (χ2v) is 12.7. The van der Waals surface area contributed by atoms with Gasteiger partial charge in [-0.15, -0.1) is 0 Å². The zero-order chi connectivity index (χ0) is 33.3. The van der Waals surface area contributed by atoms with Crippen LogP contribution in [0.1, 0.15) is 30.4 Å². The summed E-state index contributed by atoms with van der Waals surface area (Å²) >= 11 is 0. The number of hydrogen-bond donors (Lipinski definition) is 2. The summed E-state index contributed by atoms with van der Waals surface area (Å²) in [7, 11) is 1.76. The number of rotatable bonds is 11. The molecule has 0 radical (unpaired) electrons. The van der Waals surface area contributed by atoms with E-state index >= 15 is 4.39 Å². The molecule has 4 rings (SSSR count). The number of carbonyl (C=O) groups is 1. The smallest absolute Gasteiger partial charge is 0.416 e. The van der Waals surface area contributed by atoms with Gasteiger partial charge in [-0.05, 0) is 82.7 Å². The van der Waals surface area contributed by atoms with Crippen molar-refractivity contribution < 1.29 is 35.9 Å². The van der Waals surface area contributed by atoms with Crippen molar-refractivity contribution in [3.63, 3.8) is 0 Å². The van der Waals surface area contributed by atoms with E-state index in [4.69, 9.17) is 9.90 Å². The summed E-state index contributed by atoms with van der Waals surface area (Å²) in [6.07, 6.45) is 0.802. The van der Waals surface area contributed by atoms with Gasteiger partial charge in [0.15, 0.2) is 0 Å². The van der Waals surface area contributed by atoms with Gasteiger partial charge < -0.3 is 14.9 Å². The number of anilines is 2. The first kappa shape index (κ1) is 35.7. The number of benzene rings is 2. The van der Waals surface area contributed by atoms with Crippen molar-refractivity contribution in [3.05, 3.63) is 78.0 Å². The number of hydrogen-bond acceptors (Lipinski definition) is 8. The number of nitrogens with one attached hydrogen (secondary N) is 1. The van der Waals surface area contributed by atoms with Gasteiger partial charge in [-0.1, -0.05) is 18.2 Å². The third kappa shape index (κ3) is 9.83. The Labute approximate surface area is 260 Å². The molecule has 1 aromatic heterocycles. The Hall–Kier alpha value is -3.82. The number of piperidine rings is 1. The molecule has 15 heteroatoms. The molecular formula is C30H38F4N6O4S. The van der Waals surface area contributed by atoms with Gasteiger partial charge in [-0.3, -0.25) is 14.4 Å². The Morgan fingerprint density at radius 3 is 2.47 bits per heavy atom. The first-order valence-corrected chi connectivity index (χ1v) is 15.6. The van der Waals surface area contributed by atoms with Crippen molar-refractivity contribution in [2.45, 2.75) is 42.3 Å². The largest absolute Gasteiger partial charge is 0.483 e. The predicted molar refractivity (Wildman–Crippen MR) is 163 cm³/mol. The lowest BCUT2D eigenvalue weighted by Gasteiger charge is -2.49. The maximum absolute atomic E-state index is 15.3. The molecule has 3 aromatic rings. The molecule has 1 fully saturated rings. The molecule has 0 unspecified atom stereocenters. The summed E-state index contributed by atoms with van der Waals surface area (Å²) in [5.41, 5.74) is 0.0925. The average Bonchev–Trinajstić information content (AvgIpc) is 2.99. The van der Waals surface area contributed by atoms with Crippen LogP contribution < -0.4 is 9.62 Å². The normalized spacial score (nSPS) is 17.1. The van der Waals surface area contributed by atoms with Crippen LogP contribution in [-0.4, -0.2) is 92.6 Å². The Balaban J connectivity index is 0.00000177. The van der Waals surface area contributed by atoms with Crippen LogP contribution in [0.25, 0.3) is 0 Å². The molecule has 1 aliphatic heterocycles. The molecule has 2 heterocycles. The topological polar surface area (TPSA) is 119 Å². The molecule has 1 saturated heterocycles. The zero-order valence-electron chi connectivity index (χ0n) is 25.3. The second-order valence-electron chi connectivity index (χ2n) is 11.1. The fourth-order valence-electron chi connectivity index (χ4n) is 5.35. The molecule has 0 amide bonds. The molecule has 1 aliphatic rings. The summed E-state index contributed by atoms with van der Waals surface area (Å²) in [6, 6.07) is 10.8. The molecule has 0 saturated carbocycles. The fourth-order valence-corrected chi connectivity index (χ4v) is 6.42. The zero-order valence-corrected chi connectivity index (χ0v) is 26.2. The highest BCUT2D eigenvalue weighted by Crippen LogP contribution is 2.36. The number of aryl methyl sites for hydroxylation is 1. The maximum Gasteiger partial charge on any atom is 0.416 e. The van der Waals surface area contributed by atoms with Crippen molar-refractivity contribution in [2.75, 3.05) is 56.9 Å². The number of nitrogens with zero attached hydrogens (tertiary/aromatic N) is 5. The summed E-state index contributed by atoms with van der Waals surface area (Å²) in [6.45, 7) is 2.43. The highest BCUT2D eigenvalue weighted by atomic mass is 32.2. The van der Waals surface area contributed by atoms with E-state index in [-0.39, 0.29) is 12.3 Å². The van der Waals surface area contributed by atoms with Gasteiger partial charge in [0.1, 0.15) is 22.9 Å². The van der Waals surface area contributed by atoms with E-state index in [1.807, 2.05) is 26.0 Å². The summed E-state index contributed by atoms with van der Waals surface area (Å²) in [5.74, 6) is -0.869. The number of alkyl halides is 3. The number of carboxylic acid groups (broad SMARTS) is 1. The summed E-state index contributed by atoms with van der Waals surface area (Å²) < 4.78 is 83.2. The van der Waals surface area contributed by atoms with Crippen LogP contribution in [0.5, 0.6) is 0 Å². The molecule has 0 bridgehead atoms. The van der Waals surface area contributed by atoms with Crippen molar-refractivity contribution in [1.82, 2.24) is 19.8 Å². The predicted octanol–water partition coefficient (Wildman–Crippen LogP) is 4.60. The molecule has 45 heavy (non-hydrogen) atoms. The minimum absolute atomic E-state index is 0.0239. The minimum Gasteiger partial charge on any atom is -0.483 e. The van der Waals surface area contributed by atoms with Crippen LogP contribution in [0.15, 0.2) is 66.0 Å². The minimum atomic E-state index is -4.41. The maximum atomic E-state index is 15.3. The number of aromatic nitrogens is 2. The lowest BCUT2D eigenvalue weighted by molar-refractivity contribution is -0.137. The van der Waals surface area contributed by atoms with Crippen LogP contribution in [0.2, 0.25) is 0 Å². The van der Waals surface area contributed by atoms with Gasteiger partial charge >= 0.3 is 6.18 Å². The third-order valence-corrected chi connectivity index (χ3v) is 9.16. The average molecular weight is 655 g/mol. The van der Waals surface area contributed by atoms with E-state index in [0.29, 0.717) is 37.2 Å². The number of likely N-dealkylation sites (N-methyl/N-ethyl adjacent to an activating group) is 2. The Morgan fingerprint density at radius 1 is 1.11 bits per heavy atom. The standard InChI is InChI=1S/C29H36F4N6O2S.CH2O2/c1-37(2)16-17-38(3)28(13-10-22-6-4-7-23(18-22)29(31,32)33)12-5-15-39(20-28)24-8-9-26(25(30)19-24)42(40,41)36-27-11-14-34-21-35-27;2-1-3/h4,6-9,11,14,18-19,21H,5,10,12-13,15-17,20H2,1-3H3,(H,34,35,36);1H,(H,2,3)/t28-;/m1./s1. The van der Waals surface area contributed by atoms with Gasteiger partial charge in [0.05, 0.1) is 5.56 Å². The molecule has 246 valence electrons. The van der Waals surface area contributed by atoms with E-state index < -0.39 is 38.0 Å².